The number of H-pyrrole nitrogens is 1. The number of aryl methyl sites for hydroxylation is 2. The van der Waals surface area contributed by atoms with Crippen LogP contribution in [0.25, 0.3) is 11.0 Å². The summed E-state index contributed by atoms with van der Waals surface area (Å²) in [5.41, 5.74) is 4.02. The molecule has 0 radical (unpaired) electrons. The zero-order chi connectivity index (χ0) is 15.9. The lowest BCUT2D eigenvalue weighted by molar-refractivity contribution is 0.601. The van der Waals surface area contributed by atoms with Crippen molar-refractivity contribution in [2.75, 3.05) is 4.72 Å². The van der Waals surface area contributed by atoms with Gasteiger partial charge in [0.2, 0.25) is 0 Å². The molecule has 2 N–H and O–H groups in total. The first kappa shape index (κ1) is 14.6. The first-order chi connectivity index (χ1) is 10.4. The van der Waals surface area contributed by atoms with Crippen LogP contribution in [0.5, 0.6) is 0 Å². The highest BCUT2D eigenvalue weighted by molar-refractivity contribution is 7.92. The topological polar surface area (TPSA) is 74.8 Å². The van der Waals surface area contributed by atoms with E-state index >= 15 is 0 Å². The van der Waals surface area contributed by atoms with Crippen LogP contribution in [0.3, 0.4) is 0 Å². The van der Waals surface area contributed by atoms with Crippen molar-refractivity contribution in [1.29, 1.82) is 0 Å². The molecule has 114 valence electrons. The molecule has 2 aromatic carbocycles. The Morgan fingerprint density at radius 3 is 2.64 bits per heavy atom. The van der Waals surface area contributed by atoms with Gasteiger partial charge in [-0.3, -0.25) is 4.72 Å². The van der Waals surface area contributed by atoms with E-state index in [1.54, 1.807) is 24.3 Å². The van der Waals surface area contributed by atoms with Crippen LogP contribution in [0.2, 0.25) is 0 Å². The summed E-state index contributed by atoms with van der Waals surface area (Å²) in [5, 5.41) is 0. The molecular formula is C16H17N3O2S. The number of aromatic amines is 1. The Kier molecular flexibility index (Phi) is 3.41. The van der Waals surface area contributed by atoms with Crippen LogP contribution in [-0.4, -0.2) is 18.4 Å². The Morgan fingerprint density at radius 1 is 1.09 bits per heavy atom. The van der Waals surface area contributed by atoms with E-state index in [2.05, 4.69) is 14.7 Å². The SMILES string of the molecule is Cc1nc2ccc(S(=O)(=O)Nc3cccc(C)c3C)cc2[nH]1. The molecule has 0 amide bonds. The molecule has 3 aromatic rings. The number of benzene rings is 2. The van der Waals surface area contributed by atoms with E-state index in [1.165, 1.54) is 0 Å². The molecule has 6 heteroatoms. The van der Waals surface area contributed by atoms with Gasteiger partial charge in [-0.25, -0.2) is 13.4 Å². The molecule has 0 saturated heterocycles. The molecule has 0 aliphatic rings. The molecule has 22 heavy (non-hydrogen) atoms. The normalized spacial score (nSPS) is 11.8. The summed E-state index contributed by atoms with van der Waals surface area (Å²) in [6.45, 7) is 5.68. The number of rotatable bonds is 3. The quantitative estimate of drug-likeness (QED) is 0.779. The minimum absolute atomic E-state index is 0.213. The monoisotopic (exact) mass is 315 g/mol. The third-order valence-corrected chi connectivity index (χ3v) is 5.09. The molecule has 0 fully saturated rings. The fourth-order valence-corrected chi connectivity index (χ4v) is 3.50. The predicted molar refractivity (Wildman–Crippen MR) is 87.6 cm³/mol. The molecule has 0 saturated carbocycles. The number of nitrogens with one attached hydrogen (secondary N) is 2. The summed E-state index contributed by atoms with van der Waals surface area (Å²) in [6, 6.07) is 10.4. The Balaban J connectivity index is 2.02. The minimum atomic E-state index is -3.63. The van der Waals surface area contributed by atoms with E-state index in [9.17, 15) is 8.42 Å². The third-order valence-electron chi connectivity index (χ3n) is 3.73. The Hall–Kier alpha value is -2.34. The predicted octanol–water partition coefficient (Wildman–Crippen LogP) is 3.29. The van der Waals surface area contributed by atoms with Crippen molar-refractivity contribution < 1.29 is 8.42 Å². The molecule has 0 atom stereocenters. The van der Waals surface area contributed by atoms with Gasteiger partial charge in [0, 0.05) is 0 Å². The lowest BCUT2D eigenvalue weighted by Gasteiger charge is -2.12. The highest BCUT2D eigenvalue weighted by Gasteiger charge is 2.16. The zero-order valence-corrected chi connectivity index (χ0v) is 13.5. The van der Waals surface area contributed by atoms with Gasteiger partial charge in [0.15, 0.2) is 0 Å². The van der Waals surface area contributed by atoms with Crippen LogP contribution in [-0.2, 0) is 10.0 Å². The fraction of sp³-hybridized carbons (Fsp3) is 0.188. The van der Waals surface area contributed by atoms with Crippen LogP contribution in [0.1, 0.15) is 17.0 Å². The van der Waals surface area contributed by atoms with Crippen molar-refractivity contribution in [3.63, 3.8) is 0 Å². The van der Waals surface area contributed by atoms with Crippen LogP contribution in [0.4, 0.5) is 5.69 Å². The Bertz CT molecular complexity index is 959. The van der Waals surface area contributed by atoms with Crippen molar-refractivity contribution >= 4 is 26.7 Å². The Morgan fingerprint density at radius 2 is 1.86 bits per heavy atom. The number of nitrogens with zero attached hydrogens (tertiary/aromatic N) is 1. The van der Waals surface area contributed by atoms with E-state index < -0.39 is 10.0 Å². The standard InChI is InChI=1S/C16H17N3O2S/c1-10-5-4-6-14(11(10)2)19-22(20,21)13-7-8-15-16(9-13)18-12(3)17-15/h4-9,19H,1-3H3,(H,17,18). The highest BCUT2D eigenvalue weighted by Crippen LogP contribution is 2.23. The van der Waals surface area contributed by atoms with Gasteiger partial charge in [0.25, 0.3) is 10.0 Å². The number of hydrogen-bond donors (Lipinski definition) is 2. The first-order valence-electron chi connectivity index (χ1n) is 6.92. The van der Waals surface area contributed by atoms with Gasteiger partial charge in [0.05, 0.1) is 21.6 Å². The number of sulfonamides is 1. The van der Waals surface area contributed by atoms with Gasteiger partial charge >= 0.3 is 0 Å². The third kappa shape index (κ3) is 2.57. The number of hydrogen-bond acceptors (Lipinski definition) is 3. The molecule has 0 aliphatic carbocycles. The molecule has 1 heterocycles. The maximum atomic E-state index is 12.6. The maximum Gasteiger partial charge on any atom is 0.261 e. The van der Waals surface area contributed by atoms with E-state index in [0.717, 1.165) is 22.5 Å². The zero-order valence-electron chi connectivity index (χ0n) is 12.6. The molecular weight excluding hydrogens is 298 g/mol. The second-order valence-corrected chi connectivity index (χ2v) is 7.04. The van der Waals surface area contributed by atoms with Crippen molar-refractivity contribution in [2.24, 2.45) is 0 Å². The Labute approximate surface area is 129 Å². The van der Waals surface area contributed by atoms with Crippen molar-refractivity contribution in [1.82, 2.24) is 9.97 Å². The van der Waals surface area contributed by atoms with Gasteiger partial charge in [-0.1, -0.05) is 12.1 Å². The van der Waals surface area contributed by atoms with Gasteiger partial charge in [0.1, 0.15) is 5.82 Å². The number of aromatic nitrogens is 2. The largest absolute Gasteiger partial charge is 0.342 e. The van der Waals surface area contributed by atoms with Crippen molar-refractivity contribution in [3.05, 3.63) is 53.3 Å². The van der Waals surface area contributed by atoms with E-state index in [1.807, 2.05) is 32.9 Å². The van der Waals surface area contributed by atoms with Gasteiger partial charge in [-0.2, -0.15) is 0 Å². The average Bonchev–Trinajstić information content (AvgIpc) is 2.82. The lowest BCUT2D eigenvalue weighted by atomic mass is 10.1. The lowest BCUT2D eigenvalue weighted by Crippen LogP contribution is -2.14. The minimum Gasteiger partial charge on any atom is -0.342 e. The van der Waals surface area contributed by atoms with Crippen LogP contribution < -0.4 is 4.72 Å². The van der Waals surface area contributed by atoms with E-state index in [0.29, 0.717) is 11.2 Å². The number of fused-ring (bicyclic) bond motifs is 1. The number of anilines is 1. The maximum absolute atomic E-state index is 12.6. The van der Waals surface area contributed by atoms with Crippen molar-refractivity contribution in [3.8, 4) is 0 Å². The molecule has 0 unspecified atom stereocenters. The van der Waals surface area contributed by atoms with Crippen LogP contribution >= 0.6 is 0 Å². The van der Waals surface area contributed by atoms with Crippen LogP contribution in [0.15, 0.2) is 41.3 Å². The van der Waals surface area contributed by atoms with Crippen molar-refractivity contribution in [2.45, 2.75) is 25.7 Å². The molecule has 3 rings (SSSR count). The van der Waals surface area contributed by atoms with E-state index in [4.69, 9.17) is 0 Å². The summed E-state index contributed by atoms with van der Waals surface area (Å²) in [4.78, 5) is 7.54. The highest BCUT2D eigenvalue weighted by atomic mass is 32.2. The molecule has 5 nitrogen and oxygen atoms in total. The second kappa shape index (κ2) is 5.14. The summed E-state index contributed by atoms with van der Waals surface area (Å²) < 4.78 is 27.8. The van der Waals surface area contributed by atoms with E-state index in [-0.39, 0.29) is 4.90 Å². The van der Waals surface area contributed by atoms with Crippen LogP contribution in [0, 0.1) is 20.8 Å². The summed E-state index contributed by atoms with van der Waals surface area (Å²) >= 11 is 0. The second-order valence-electron chi connectivity index (χ2n) is 5.35. The molecule has 0 spiro atoms. The van der Waals surface area contributed by atoms with Gasteiger partial charge in [-0.15, -0.1) is 0 Å². The summed E-state index contributed by atoms with van der Waals surface area (Å²) in [7, 11) is -3.63. The van der Waals surface area contributed by atoms with Gasteiger partial charge in [-0.05, 0) is 56.2 Å². The molecule has 1 aromatic heterocycles. The van der Waals surface area contributed by atoms with Gasteiger partial charge < -0.3 is 4.98 Å². The average molecular weight is 315 g/mol. The summed E-state index contributed by atoms with van der Waals surface area (Å²) in [6.07, 6.45) is 0. The fourth-order valence-electron chi connectivity index (χ4n) is 2.35. The molecule has 0 aliphatic heterocycles. The molecule has 0 bridgehead atoms. The number of imidazole rings is 1. The first-order valence-corrected chi connectivity index (χ1v) is 8.40. The summed E-state index contributed by atoms with van der Waals surface area (Å²) in [5.74, 6) is 0.757. The smallest absolute Gasteiger partial charge is 0.261 e.